The molecule has 1 aromatic rings. The van der Waals surface area contributed by atoms with Crippen LogP contribution in [-0.2, 0) is 11.3 Å². The molecule has 1 aliphatic carbocycles. The van der Waals surface area contributed by atoms with Crippen LogP contribution < -0.4 is 5.32 Å². The van der Waals surface area contributed by atoms with E-state index in [1.54, 1.807) is 0 Å². The van der Waals surface area contributed by atoms with Crippen molar-refractivity contribution in [3.63, 3.8) is 0 Å². The second kappa shape index (κ2) is 6.77. The molecule has 2 heteroatoms. The Kier molecular flexibility index (Phi) is 5.02. The highest BCUT2D eigenvalue weighted by atomic mass is 16.5. The van der Waals surface area contributed by atoms with Crippen molar-refractivity contribution in [1.29, 1.82) is 0 Å². The maximum atomic E-state index is 5.81. The second-order valence-corrected chi connectivity index (χ2v) is 4.88. The zero-order valence-electron chi connectivity index (χ0n) is 10.7. The Hall–Kier alpha value is -0.860. The minimum atomic E-state index is 0.537. The standard InChI is InChI=1S/C15H23NO/c1-13-6-2-3-7-14(13)12-16-10-11-17-15-8-4-5-9-15/h2-3,6-7,15-16H,4-5,8-12H2,1H3. The van der Waals surface area contributed by atoms with E-state index in [4.69, 9.17) is 4.74 Å². The van der Waals surface area contributed by atoms with Crippen molar-refractivity contribution in [3.05, 3.63) is 35.4 Å². The zero-order chi connectivity index (χ0) is 11.9. The Morgan fingerprint density at radius 1 is 1.24 bits per heavy atom. The Morgan fingerprint density at radius 2 is 2.00 bits per heavy atom. The molecular formula is C15H23NO. The summed E-state index contributed by atoms with van der Waals surface area (Å²) in [4.78, 5) is 0. The molecule has 1 N–H and O–H groups in total. The van der Waals surface area contributed by atoms with E-state index in [2.05, 4.69) is 36.5 Å². The predicted molar refractivity (Wildman–Crippen MR) is 71.1 cm³/mol. The summed E-state index contributed by atoms with van der Waals surface area (Å²) in [7, 11) is 0. The van der Waals surface area contributed by atoms with Gasteiger partial charge in [-0.05, 0) is 30.9 Å². The molecule has 0 spiro atoms. The van der Waals surface area contributed by atoms with Gasteiger partial charge in [0.15, 0.2) is 0 Å². The summed E-state index contributed by atoms with van der Waals surface area (Å²) in [6.07, 6.45) is 5.76. The monoisotopic (exact) mass is 233 g/mol. The van der Waals surface area contributed by atoms with E-state index in [-0.39, 0.29) is 0 Å². The topological polar surface area (TPSA) is 21.3 Å². The molecular weight excluding hydrogens is 210 g/mol. The van der Waals surface area contributed by atoms with Gasteiger partial charge < -0.3 is 10.1 Å². The smallest absolute Gasteiger partial charge is 0.0594 e. The molecule has 0 aliphatic heterocycles. The van der Waals surface area contributed by atoms with E-state index in [9.17, 15) is 0 Å². The number of benzene rings is 1. The van der Waals surface area contributed by atoms with Crippen LogP contribution >= 0.6 is 0 Å². The third-order valence-electron chi connectivity index (χ3n) is 3.51. The molecule has 2 nitrogen and oxygen atoms in total. The van der Waals surface area contributed by atoms with E-state index in [1.165, 1.54) is 36.8 Å². The van der Waals surface area contributed by atoms with Crippen LogP contribution in [0.25, 0.3) is 0 Å². The van der Waals surface area contributed by atoms with Gasteiger partial charge in [0.1, 0.15) is 0 Å². The molecule has 0 aromatic heterocycles. The summed E-state index contributed by atoms with van der Waals surface area (Å²) in [5.74, 6) is 0. The quantitative estimate of drug-likeness (QED) is 0.763. The highest BCUT2D eigenvalue weighted by molar-refractivity contribution is 5.25. The lowest BCUT2D eigenvalue weighted by Crippen LogP contribution is -2.22. The molecule has 94 valence electrons. The summed E-state index contributed by atoms with van der Waals surface area (Å²) in [6, 6.07) is 8.52. The van der Waals surface area contributed by atoms with Crippen LogP contribution in [0, 0.1) is 6.92 Å². The van der Waals surface area contributed by atoms with Crippen molar-refractivity contribution in [2.24, 2.45) is 0 Å². The van der Waals surface area contributed by atoms with E-state index >= 15 is 0 Å². The molecule has 1 aliphatic rings. The van der Waals surface area contributed by atoms with Crippen LogP contribution in [0.2, 0.25) is 0 Å². The molecule has 0 bridgehead atoms. The summed E-state index contributed by atoms with van der Waals surface area (Å²) >= 11 is 0. The van der Waals surface area contributed by atoms with Gasteiger partial charge in [-0.15, -0.1) is 0 Å². The van der Waals surface area contributed by atoms with E-state index in [1.807, 2.05) is 0 Å². The van der Waals surface area contributed by atoms with Crippen molar-refractivity contribution < 1.29 is 4.74 Å². The van der Waals surface area contributed by atoms with Crippen molar-refractivity contribution in [2.75, 3.05) is 13.2 Å². The fourth-order valence-electron chi connectivity index (χ4n) is 2.38. The van der Waals surface area contributed by atoms with Gasteiger partial charge in [0.2, 0.25) is 0 Å². The number of hydrogen-bond donors (Lipinski definition) is 1. The summed E-state index contributed by atoms with van der Waals surface area (Å²) in [6.45, 7) is 4.90. The van der Waals surface area contributed by atoms with E-state index in [0.717, 1.165) is 19.7 Å². The third kappa shape index (κ3) is 4.14. The molecule has 0 saturated heterocycles. The van der Waals surface area contributed by atoms with Crippen LogP contribution in [-0.4, -0.2) is 19.3 Å². The number of ether oxygens (including phenoxy) is 1. The van der Waals surface area contributed by atoms with Crippen LogP contribution in [0.5, 0.6) is 0 Å². The molecule has 0 amide bonds. The first-order chi connectivity index (χ1) is 8.36. The van der Waals surface area contributed by atoms with Gasteiger partial charge in [-0.2, -0.15) is 0 Å². The maximum Gasteiger partial charge on any atom is 0.0594 e. The highest BCUT2D eigenvalue weighted by Gasteiger charge is 2.14. The lowest BCUT2D eigenvalue weighted by Gasteiger charge is -2.12. The fraction of sp³-hybridized carbons (Fsp3) is 0.600. The molecule has 0 atom stereocenters. The SMILES string of the molecule is Cc1ccccc1CNCCOC1CCCC1. The number of aryl methyl sites for hydroxylation is 1. The Labute approximate surface area is 104 Å². The predicted octanol–water partition coefficient (Wildman–Crippen LogP) is 3.04. The van der Waals surface area contributed by atoms with Crippen LogP contribution in [0.3, 0.4) is 0 Å². The van der Waals surface area contributed by atoms with Gasteiger partial charge in [-0.3, -0.25) is 0 Å². The Morgan fingerprint density at radius 3 is 2.76 bits per heavy atom. The van der Waals surface area contributed by atoms with Crippen molar-refractivity contribution in [3.8, 4) is 0 Å². The molecule has 2 rings (SSSR count). The number of nitrogens with one attached hydrogen (secondary N) is 1. The van der Waals surface area contributed by atoms with E-state index in [0.29, 0.717) is 6.10 Å². The largest absolute Gasteiger partial charge is 0.377 e. The zero-order valence-corrected chi connectivity index (χ0v) is 10.7. The summed E-state index contributed by atoms with van der Waals surface area (Å²) in [5, 5.41) is 3.44. The first kappa shape index (κ1) is 12.6. The van der Waals surface area contributed by atoms with Gasteiger partial charge >= 0.3 is 0 Å². The Bertz CT molecular complexity index is 331. The minimum Gasteiger partial charge on any atom is -0.377 e. The molecule has 1 aromatic carbocycles. The van der Waals surface area contributed by atoms with Crippen molar-refractivity contribution in [1.82, 2.24) is 5.32 Å². The summed E-state index contributed by atoms with van der Waals surface area (Å²) < 4.78 is 5.81. The molecule has 1 saturated carbocycles. The molecule has 17 heavy (non-hydrogen) atoms. The Balaban J connectivity index is 1.58. The first-order valence-corrected chi connectivity index (χ1v) is 6.73. The lowest BCUT2D eigenvalue weighted by atomic mass is 10.1. The molecule has 1 fully saturated rings. The number of hydrogen-bond acceptors (Lipinski definition) is 2. The van der Waals surface area contributed by atoms with Gasteiger partial charge in [-0.25, -0.2) is 0 Å². The second-order valence-electron chi connectivity index (χ2n) is 4.88. The van der Waals surface area contributed by atoms with Gasteiger partial charge in [0.25, 0.3) is 0 Å². The van der Waals surface area contributed by atoms with Crippen molar-refractivity contribution >= 4 is 0 Å². The van der Waals surface area contributed by atoms with Crippen molar-refractivity contribution in [2.45, 2.75) is 45.3 Å². The maximum absolute atomic E-state index is 5.81. The third-order valence-corrected chi connectivity index (χ3v) is 3.51. The van der Waals surface area contributed by atoms with Crippen LogP contribution in [0.15, 0.2) is 24.3 Å². The number of rotatable bonds is 6. The lowest BCUT2D eigenvalue weighted by molar-refractivity contribution is 0.0602. The van der Waals surface area contributed by atoms with E-state index < -0.39 is 0 Å². The average molecular weight is 233 g/mol. The van der Waals surface area contributed by atoms with Crippen LogP contribution in [0.1, 0.15) is 36.8 Å². The molecule has 0 heterocycles. The van der Waals surface area contributed by atoms with Gasteiger partial charge in [0.05, 0.1) is 12.7 Å². The van der Waals surface area contributed by atoms with Crippen LogP contribution in [0.4, 0.5) is 0 Å². The summed E-state index contributed by atoms with van der Waals surface area (Å²) in [5.41, 5.74) is 2.74. The average Bonchev–Trinajstić information content (AvgIpc) is 2.84. The van der Waals surface area contributed by atoms with Gasteiger partial charge in [0, 0.05) is 13.1 Å². The first-order valence-electron chi connectivity index (χ1n) is 6.73. The highest BCUT2D eigenvalue weighted by Crippen LogP contribution is 2.20. The molecule has 0 unspecified atom stereocenters. The normalized spacial score (nSPS) is 16.5. The molecule has 0 radical (unpaired) electrons. The minimum absolute atomic E-state index is 0.537. The van der Waals surface area contributed by atoms with Gasteiger partial charge in [-0.1, -0.05) is 37.1 Å². The fourth-order valence-corrected chi connectivity index (χ4v) is 2.38.